The summed E-state index contributed by atoms with van der Waals surface area (Å²) in [5, 5.41) is 0. The van der Waals surface area contributed by atoms with Gasteiger partial charge in [0.1, 0.15) is 12.4 Å². The Hall–Kier alpha value is -1.24. The van der Waals surface area contributed by atoms with Crippen molar-refractivity contribution in [3.63, 3.8) is 0 Å². The van der Waals surface area contributed by atoms with Gasteiger partial charge in [-0.3, -0.25) is 4.98 Å². The maximum absolute atomic E-state index is 12.5. The molecular formula is C12H18BF3NO2-. The van der Waals surface area contributed by atoms with E-state index in [1.54, 1.807) is 0 Å². The normalized spacial score (nSPS) is 11.9. The Balaban J connectivity index is 2.30. The van der Waals surface area contributed by atoms with Gasteiger partial charge in [-0.05, 0) is 18.4 Å². The van der Waals surface area contributed by atoms with Crippen LogP contribution in [0, 0.1) is 5.92 Å². The SMILES string of the molecule is CC(C)CCOCCOc1cncc([B-](F)(F)F)c1. The summed E-state index contributed by atoms with van der Waals surface area (Å²) in [6.07, 6.45) is 3.01. The van der Waals surface area contributed by atoms with Crippen LogP contribution >= 0.6 is 0 Å². The van der Waals surface area contributed by atoms with E-state index in [9.17, 15) is 12.9 Å². The Bertz CT molecular complexity index is 385. The van der Waals surface area contributed by atoms with Crippen molar-refractivity contribution in [2.45, 2.75) is 20.3 Å². The fourth-order valence-electron chi connectivity index (χ4n) is 1.33. The predicted octanol–water partition coefficient (Wildman–Crippen LogP) is 2.58. The number of nitrogens with zero attached hydrogens (tertiary/aromatic N) is 1. The number of halogens is 3. The van der Waals surface area contributed by atoms with Crippen molar-refractivity contribution in [1.82, 2.24) is 4.98 Å². The molecule has 1 aromatic heterocycles. The van der Waals surface area contributed by atoms with E-state index >= 15 is 0 Å². The Morgan fingerprint density at radius 1 is 1.16 bits per heavy atom. The molecule has 1 aromatic rings. The monoisotopic (exact) mass is 276 g/mol. The summed E-state index contributed by atoms with van der Waals surface area (Å²) in [7, 11) is 0. The summed E-state index contributed by atoms with van der Waals surface area (Å²) < 4.78 is 47.9. The molecule has 0 atom stereocenters. The molecule has 0 N–H and O–H groups in total. The van der Waals surface area contributed by atoms with E-state index in [-0.39, 0.29) is 12.4 Å². The second-order valence-corrected chi connectivity index (χ2v) is 4.67. The van der Waals surface area contributed by atoms with Gasteiger partial charge >= 0.3 is 6.98 Å². The topological polar surface area (TPSA) is 31.4 Å². The zero-order valence-electron chi connectivity index (χ0n) is 11.1. The minimum Gasteiger partial charge on any atom is -0.490 e. The lowest BCUT2D eigenvalue weighted by molar-refractivity contribution is 0.0925. The molecule has 0 bridgehead atoms. The van der Waals surface area contributed by atoms with Crippen LogP contribution in [-0.4, -0.2) is 31.8 Å². The van der Waals surface area contributed by atoms with Gasteiger partial charge in [0.25, 0.3) is 0 Å². The Morgan fingerprint density at radius 3 is 2.53 bits per heavy atom. The van der Waals surface area contributed by atoms with Gasteiger partial charge in [-0.15, -0.1) is 0 Å². The molecule has 0 aliphatic rings. The number of hydrogen-bond donors (Lipinski definition) is 0. The number of rotatable bonds is 8. The first-order chi connectivity index (χ1) is 8.89. The van der Waals surface area contributed by atoms with Crippen molar-refractivity contribution >= 4 is 12.4 Å². The van der Waals surface area contributed by atoms with Crippen LogP contribution in [0.1, 0.15) is 20.3 Å². The zero-order valence-corrected chi connectivity index (χ0v) is 11.1. The van der Waals surface area contributed by atoms with Crippen molar-refractivity contribution in [3.05, 3.63) is 18.5 Å². The molecule has 1 rings (SSSR count). The Morgan fingerprint density at radius 2 is 1.89 bits per heavy atom. The third-order valence-corrected chi connectivity index (χ3v) is 2.45. The summed E-state index contributed by atoms with van der Waals surface area (Å²) in [6, 6.07) is 0.959. The van der Waals surface area contributed by atoms with E-state index < -0.39 is 12.4 Å². The summed E-state index contributed by atoms with van der Waals surface area (Å²) in [5.41, 5.74) is -0.752. The molecule has 19 heavy (non-hydrogen) atoms. The van der Waals surface area contributed by atoms with Gasteiger partial charge < -0.3 is 22.4 Å². The van der Waals surface area contributed by atoms with Crippen LogP contribution in [0.2, 0.25) is 0 Å². The van der Waals surface area contributed by atoms with E-state index in [1.807, 2.05) is 0 Å². The molecule has 0 unspecified atom stereocenters. The Kier molecular flexibility index (Phi) is 6.14. The van der Waals surface area contributed by atoms with Crippen molar-refractivity contribution < 1.29 is 22.4 Å². The average Bonchev–Trinajstić information content (AvgIpc) is 2.32. The van der Waals surface area contributed by atoms with Gasteiger partial charge in [-0.2, -0.15) is 0 Å². The number of hydrogen-bond acceptors (Lipinski definition) is 3. The summed E-state index contributed by atoms with van der Waals surface area (Å²) in [6.45, 7) is 0.351. The summed E-state index contributed by atoms with van der Waals surface area (Å²) in [4.78, 5) is 3.52. The first kappa shape index (κ1) is 15.8. The second kappa shape index (κ2) is 7.38. The second-order valence-electron chi connectivity index (χ2n) is 4.67. The lowest BCUT2D eigenvalue weighted by Gasteiger charge is -2.15. The van der Waals surface area contributed by atoms with Crippen LogP contribution in [0.4, 0.5) is 12.9 Å². The van der Waals surface area contributed by atoms with E-state index in [1.165, 1.54) is 6.20 Å². The van der Waals surface area contributed by atoms with Crippen LogP contribution in [-0.2, 0) is 4.74 Å². The number of pyridine rings is 1. The largest absolute Gasteiger partial charge is 0.511 e. The first-order valence-corrected chi connectivity index (χ1v) is 6.25. The molecule has 1 heterocycles. The van der Waals surface area contributed by atoms with Crippen LogP contribution in [0.5, 0.6) is 5.75 Å². The number of ether oxygens (including phenoxy) is 2. The highest BCUT2D eigenvalue weighted by atomic mass is 19.4. The van der Waals surface area contributed by atoms with Gasteiger partial charge in [0.2, 0.25) is 0 Å². The van der Waals surface area contributed by atoms with Gasteiger partial charge in [0.05, 0.1) is 12.8 Å². The van der Waals surface area contributed by atoms with Gasteiger partial charge in [0.15, 0.2) is 0 Å². The maximum atomic E-state index is 12.5. The van der Waals surface area contributed by atoms with Crippen LogP contribution in [0.25, 0.3) is 0 Å². The van der Waals surface area contributed by atoms with Gasteiger partial charge in [-0.1, -0.05) is 19.3 Å². The quantitative estimate of drug-likeness (QED) is 0.540. The molecule has 0 saturated heterocycles. The van der Waals surface area contributed by atoms with Crippen molar-refractivity contribution in [3.8, 4) is 5.75 Å². The Labute approximate surface area is 111 Å². The highest BCUT2D eigenvalue weighted by molar-refractivity contribution is 6.73. The highest BCUT2D eigenvalue weighted by Gasteiger charge is 2.26. The molecule has 0 fully saturated rings. The fourth-order valence-corrected chi connectivity index (χ4v) is 1.33. The van der Waals surface area contributed by atoms with Crippen molar-refractivity contribution in [1.29, 1.82) is 0 Å². The summed E-state index contributed by atoms with van der Waals surface area (Å²) >= 11 is 0. The van der Waals surface area contributed by atoms with Gasteiger partial charge in [-0.25, -0.2) is 0 Å². The molecule has 3 nitrogen and oxygen atoms in total. The molecule has 0 aliphatic carbocycles. The highest BCUT2D eigenvalue weighted by Crippen LogP contribution is 2.12. The lowest BCUT2D eigenvalue weighted by Crippen LogP contribution is -2.34. The fraction of sp³-hybridized carbons (Fsp3) is 0.583. The minimum absolute atomic E-state index is 0.115. The van der Waals surface area contributed by atoms with E-state index in [4.69, 9.17) is 9.47 Å². The predicted molar refractivity (Wildman–Crippen MR) is 68.7 cm³/mol. The average molecular weight is 276 g/mol. The molecule has 0 amide bonds. The van der Waals surface area contributed by atoms with Crippen LogP contribution in [0.15, 0.2) is 18.5 Å². The number of aromatic nitrogens is 1. The van der Waals surface area contributed by atoms with E-state index in [2.05, 4.69) is 18.8 Å². The zero-order chi connectivity index (χ0) is 14.3. The molecule has 0 aliphatic heterocycles. The first-order valence-electron chi connectivity index (χ1n) is 6.25. The minimum atomic E-state index is -5.04. The van der Waals surface area contributed by atoms with Crippen LogP contribution in [0.3, 0.4) is 0 Å². The molecule has 7 heteroatoms. The third-order valence-electron chi connectivity index (χ3n) is 2.45. The lowest BCUT2D eigenvalue weighted by atomic mass is 9.81. The summed E-state index contributed by atoms with van der Waals surface area (Å²) in [5.74, 6) is 0.681. The van der Waals surface area contributed by atoms with Crippen LogP contribution < -0.4 is 10.2 Å². The molecular weight excluding hydrogens is 258 g/mol. The third kappa shape index (κ3) is 6.47. The van der Waals surface area contributed by atoms with E-state index in [0.29, 0.717) is 19.1 Å². The van der Waals surface area contributed by atoms with Gasteiger partial charge in [0, 0.05) is 12.8 Å². The molecule has 0 aromatic carbocycles. The van der Waals surface area contributed by atoms with E-state index in [0.717, 1.165) is 18.7 Å². The molecule has 0 radical (unpaired) electrons. The van der Waals surface area contributed by atoms with Crippen molar-refractivity contribution in [2.24, 2.45) is 5.92 Å². The standard InChI is InChI=1S/C12H18BF3NO2/c1-10(2)3-4-18-5-6-19-12-7-11(8-17-9-12)13(14,15)16/h7-10H,3-6H2,1-2H3/q-1. The molecule has 108 valence electrons. The molecule has 0 saturated carbocycles. The van der Waals surface area contributed by atoms with Crippen molar-refractivity contribution in [2.75, 3.05) is 19.8 Å². The smallest absolute Gasteiger partial charge is 0.490 e. The maximum Gasteiger partial charge on any atom is 0.511 e. The molecule has 0 spiro atoms.